The van der Waals surface area contributed by atoms with Crippen LogP contribution in [0.4, 0.5) is 16.2 Å². The van der Waals surface area contributed by atoms with E-state index in [4.69, 9.17) is 10.5 Å². The Bertz CT molecular complexity index is 763. The minimum Gasteiger partial charge on any atom is -0.446 e. The number of benzene rings is 1. The number of carbonyl (C=O) groups is 1. The number of nitrogens with two attached hydrogens (primary N) is 1. The van der Waals surface area contributed by atoms with Crippen molar-refractivity contribution in [2.45, 2.75) is 63.6 Å². The van der Waals surface area contributed by atoms with Gasteiger partial charge in [0, 0.05) is 30.6 Å². The monoisotopic (exact) mass is 368 g/mol. The van der Waals surface area contributed by atoms with Crippen molar-refractivity contribution in [2.24, 2.45) is 10.7 Å². The molecule has 1 atom stereocenters. The molecule has 4 rings (SSSR count). The van der Waals surface area contributed by atoms with Gasteiger partial charge in [0.1, 0.15) is 6.10 Å². The van der Waals surface area contributed by atoms with Gasteiger partial charge in [0.2, 0.25) is 0 Å². The van der Waals surface area contributed by atoms with Gasteiger partial charge in [-0.25, -0.2) is 4.79 Å². The summed E-state index contributed by atoms with van der Waals surface area (Å²) < 4.78 is 5.76. The zero-order chi connectivity index (χ0) is 18.8. The Balaban J connectivity index is 1.59. The van der Waals surface area contributed by atoms with E-state index >= 15 is 0 Å². The number of hydrogen-bond acceptors (Lipinski definition) is 5. The SMILES string of the molecule is C[C@H]1CN(C(=O)OC2CCCC2)c2cc(C(C=NC3CC3)=CN)ccc2N1. The first-order valence-corrected chi connectivity index (χ1v) is 9.98. The smallest absolute Gasteiger partial charge is 0.414 e. The first-order chi connectivity index (χ1) is 13.1. The third-order valence-electron chi connectivity index (χ3n) is 5.42. The average molecular weight is 368 g/mol. The molecule has 6 heteroatoms. The van der Waals surface area contributed by atoms with Crippen LogP contribution in [0.15, 0.2) is 29.4 Å². The molecule has 27 heavy (non-hydrogen) atoms. The molecule has 0 radical (unpaired) electrons. The van der Waals surface area contributed by atoms with E-state index in [1.807, 2.05) is 24.4 Å². The van der Waals surface area contributed by atoms with E-state index in [1.165, 1.54) is 0 Å². The van der Waals surface area contributed by atoms with Crippen LogP contribution in [-0.2, 0) is 4.74 Å². The van der Waals surface area contributed by atoms with Gasteiger partial charge in [-0.05, 0) is 63.1 Å². The van der Waals surface area contributed by atoms with E-state index < -0.39 is 0 Å². The minimum atomic E-state index is -0.251. The summed E-state index contributed by atoms with van der Waals surface area (Å²) in [7, 11) is 0. The van der Waals surface area contributed by atoms with Gasteiger partial charge in [-0.1, -0.05) is 6.07 Å². The van der Waals surface area contributed by atoms with E-state index in [9.17, 15) is 4.79 Å². The fourth-order valence-electron chi connectivity index (χ4n) is 3.75. The highest BCUT2D eigenvalue weighted by Gasteiger charge is 2.30. The molecule has 0 saturated heterocycles. The predicted molar refractivity (Wildman–Crippen MR) is 109 cm³/mol. The quantitative estimate of drug-likeness (QED) is 0.790. The van der Waals surface area contributed by atoms with E-state index in [0.717, 1.165) is 61.0 Å². The van der Waals surface area contributed by atoms with Crippen LogP contribution in [0.5, 0.6) is 0 Å². The van der Waals surface area contributed by atoms with Crippen molar-refractivity contribution in [1.82, 2.24) is 0 Å². The highest BCUT2D eigenvalue weighted by Crippen LogP contribution is 2.35. The van der Waals surface area contributed by atoms with E-state index in [-0.39, 0.29) is 18.2 Å². The molecule has 1 aromatic rings. The first kappa shape index (κ1) is 17.9. The zero-order valence-corrected chi connectivity index (χ0v) is 15.9. The lowest BCUT2D eigenvalue weighted by Crippen LogP contribution is -2.44. The lowest BCUT2D eigenvalue weighted by atomic mass is 10.0. The van der Waals surface area contributed by atoms with Gasteiger partial charge in [-0.3, -0.25) is 9.89 Å². The summed E-state index contributed by atoms with van der Waals surface area (Å²) in [5, 5.41) is 3.45. The Morgan fingerprint density at radius 2 is 2.07 bits per heavy atom. The molecule has 3 N–H and O–H groups in total. The summed E-state index contributed by atoms with van der Waals surface area (Å²) in [5.41, 5.74) is 9.44. The van der Waals surface area contributed by atoms with Crippen LogP contribution in [0.25, 0.3) is 5.57 Å². The molecule has 1 heterocycles. The van der Waals surface area contributed by atoms with Crippen LogP contribution < -0.4 is 16.0 Å². The Morgan fingerprint density at radius 3 is 2.78 bits per heavy atom. The number of rotatable bonds is 4. The van der Waals surface area contributed by atoms with E-state index in [1.54, 1.807) is 11.1 Å². The molecule has 2 aliphatic carbocycles. The van der Waals surface area contributed by atoms with Crippen molar-refractivity contribution in [3.8, 4) is 0 Å². The fourth-order valence-corrected chi connectivity index (χ4v) is 3.75. The van der Waals surface area contributed by atoms with Crippen LogP contribution in [0.3, 0.4) is 0 Å². The molecule has 1 aliphatic heterocycles. The topological polar surface area (TPSA) is 80.0 Å². The maximum absolute atomic E-state index is 12.8. The predicted octanol–water partition coefficient (Wildman–Crippen LogP) is 3.92. The molecule has 0 unspecified atom stereocenters. The van der Waals surface area contributed by atoms with Gasteiger partial charge < -0.3 is 15.8 Å². The molecule has 2 fully saturated rings. The van der Waals surface area contributed by atoms with Gasteiger partial charge in [-0.2, -0.15) is 0 Å². The van der Waals surface area contributed by atoms with Crippen LogP contribution in [0, 0.1) is 0 Å². The molecule has 2 saturated carbocycles. The van der Waals surface area contributed by atoms with Gasteiger partial charge >= 0.3 is 6.09 Å². The molecule has 0 spiro atoms. The number of anilines is 2. The normalized spacial score (nSPS) is 23.4. The Hall–Kier alpha value is -2.50. The Kier molecular flexibility index (Phi) is 5.05. The summed E-state index contributed by atoms with van der Waals surface area (Å²) >= 11 is 0. The van der Waals surface area contributed by atoms with E-state index in [2.05, 4.69) is 17.2 Å². The number of hydrogen-bond donors (Lipinski definition) is 2. The molecular formula is C21H28N4O2. The Labute approximate surface area is 160 Å². The summed E-state index contributed by atoms with van der Waals surface area (Å²) in [6.45, 7) is 2.65. The van der Waals surface area contributed by atoms with Gasteiger partial charge in [0.05, 0.1) is 17.4 Å². The third-order valence-corrected chi connectivity index (χ3v) is 5.42. The number of ether oxygens (including phenoxy) is 1. The average Bonchev–Trinajstić information content (AvgIpc) is 3.36. The molecule has 0 bridgehead atoms. The van der Waals surface area contributed by atoms with Crippen molar-refractivity contribution in [2.75, 3.05) is 16.8 Å². The van der Waals surface area contributed by atoms with Crippen molar-refractivity contribution in [3.05, 3.63) is 30.0 Å². The zero-order valence-electron chi connectivity index (χ0n) is 15.9. The van der Waals surface area contributed by atoms with E-state index in [0.29, 0.717) is 12.6 Å². The summed E-state index contributed by atoms with van der Waals surface area (Å²) in [4.78, 5) is 19.1. The van der Waals surface area contributed by atoms with Crippen molar-refractivity contribution in [3.63, 3.8) is 0 Å². The Morgan fingerprint density at radius 1 is 1.30 bits per heavy atom. The molecule has 1 amide bonds. The number of fused-ring (bicyclic) bond motifs is 1. The molecule has 0 aromatic heterocycles. The summed E-state index contributed by atoms with van der Waals surface area (Å²) in [6.07, 6.45) is 9.76. The van der Waals surface area contributed by atoms with Crippen LogP contribution in [0.1, 0.15) is 51.0 Å². The summed E-state index contributed by atoms with van der Waals surface area (Å²) in [5.74, 6) is 0. The van der Waals surface area contributed by atoms with Crippen molar-refractivity contribution >= 4 is 29.3 Å². The number of amides is 1. The van der Waals surface area contributed by atoms with Gasteiger partial charge in [-0.15, -0.1) is 0 Å². The van der Waals surface area contributed by atoms with Crippen molar-refractivity contribution < 1.29 is 9.53 Å². The van der Waals surface area contributed by atoms with Gasteiger partial charge in [0.25, 0.3) is 0 Å². The number of nitrogens with one attached hydrogen (secondary N) is 1. The first-order valence-electron chi connectivity index (χ1n) is 9.98. The second kappa shape index (κ2) is 7.62. The standard InChI is InChI=1S/C21H28N4O2/c1-14-13-25(21(26)27-18-4-2-3-5-18)20-10-15(6-9-19(20)24-14)16(11-22)12-23-17-7-8-17/h6,9-12,14,17-18,24H,2-5,7-8,13,22H2,1H3/t14-/m0/s1. The summed E-state index contributed by atoms with van der Waals surface area (Å²) in [6, 6.07) is 6.63. The van der Waals surface area contributed by atoms with Crippen LogP contribution >= 0.6 is 0 Å². The number of aliphatic imine (C=N–C) groups is 1. The molecule has 1 aromatic carbocycles. The van der Waals surface area contributed by atoms with Crippen LogP contribution in [0.2, 0.25) is 0 Å². The minimum absolute atomic E-state index is 0.0551. The lowest BCUT2D eigenvalue weighted by molar-refractivity contribution is 0.107. The lowest BCUT2D eigenvalue weighted by Gasteiger charge is -2.34. The number of carbonyl (C=O) groups excluding carboxylic acids is 1. The van der Waals surface area contributed by atoms with Crippen molar-refractivity contribution in [1.29, 1.82) is 0 Å². The molecule has 6 nitrogen and oxygen atoms in total. The second-order valence-electron chi connectivity index (χ2n) is 7.81. The highest BCUT2D eigenvalue weighted by molar-refractivity contribution is 6.10. The number of nitrogens with zero attached hydrogens (tertiary/aromatic N) is 2. The maximum Gasteiger partial charge on any atom is 0.414 e. The third kappa shape index (κ3) is 4.10. The van der Waals surface area contributed by atoms with Gasteiger partial charge in [0.15, 0.2) is 0 Å². The maximum atomic E-state index is 12.8. The highest BCUT2D eigenvalue weighted by atomic mass is 16.6. The van der Waals surface area contributed by atoms with Crippen LogP contribution in [-0.4, -0.2) is 37.0 Å². The number of allylic oxidation sites excluding steroid dienone is 1. The molecular weight excluding hydrogens is 340 g/mol. The largest absolute Gasteiger partial charge is 0.446 e. The fraction of sp³-hybridized carbons (Fsp3) is 0.524. The second-order valence-corrected chi connectivity index (χ2v) is 7.81. The molecule has 3 aliphatic rings. The molecule has 144 valence electrons.